The van der Waals surface area contributed by atoms with Crippen LogP contribution in [0.5, 0.6) is 0 Å². The molecule has 1 aliphatic rings. The Kier molecular flexibility index (Phi) is 2.68. The fourth-order valence-electron chi connectivity index (χ4n) is 1.72. The highest BCUT2D eigenvalue weighted by Gasteiger charge is 2.34. The van der Waals surface area contributed by atoms with Crippen LogP contribution in [0.4, 0.5) is 5.69 Å². The smallest absolute Gasteiger partial charge is 0.0543 e. The third-order valence-corrected chi connectivity index (χ3v) is 2.84. The van der Waals surface area contributed by atoms with E-state index in [2.05, 4.69) is 17.2 Å². The van der Waals surface area contributed by atoms with Crippen molar-refractivity contribution in [3.8, 4) is 0 Å². The highest BCUT2D eigenvalue weighted by molar-refractivity contribution is 5.34. The van der Waals surface area contributed by atoms with Crippen LogP contribution in [0.2, 0.25) is 0 Å². The second-order valence-electron chi connectivity index (χ2n) is 3.97. The Balaban J connectivity index is 1.78. The molecule has 76 valence electrons. The summed E-state index contributed by atoms with van der Waals surface area (Å²) in [4.78, 5) is 4.24. The van der Waals surface area contributed by atoms with Gasteiger partial charge in [0.15, 0.2) is 0 Å². The molecule has 0 saturated heterocycles. The summed E-state index contributed by atoms with van der Waals surface area (Å²) in [5, 5.41) is 3.49. The van der Waals surface area contributed by atoms with E-state index in [1.54, 1.807) is 6.20 Å². The summed E-state index contributed by atoms with van der Waals surface area (Å²) in [7, 11) is 0. The molecule has 2 rings (SSSR count). The number of hydrogen-bond donors (Lipinski definition) is 2. The van der Waals surface area contributed by atoms with Gasteiger partial charge >= 0.3 is 0 Å². The van der Waals surface area contributed by atoms with Crippen molar-refractivity contribution in [1.82, 2.24) is 10.3 Å². The van der Waals surface area contributed by atoms with Gasteiger partial charge in [-0.25, -0.2) is 0 Å². The maximum Gasteiger partial charge on any atom is 0.0543 e. The van der Waals surface area contributed by atoms with Crippen LogP contribution in [0.3, 0.4) is 0 Å². The Hall–Kier alpha value is -1.09. The lowest BCUT2D eigenvalue weighted by molar-refractivity contribution is 0.616. The van der Waals surface area contributed by atoms with Gasteiger partial charge in [0.2, 0.25) is 0 Å². The molecule has 2 atom stereocenters. The van der Waals surface area contributed by atoms with Crippen LogP contribution in [0, 0.1) is 5.92 Å². The van der Waals surface area contributed by atoms with E-state index in [9.17, 15) is 0 Å². The van der Waals surface area contributed by atoms with Crippen LogP contribution in [0.1, 0.15) is 25.5 Å². The van der Waals surface area contributed by atoms with Crippen LogP contribution in [-0.4, -0.2) is 11.0 Å². The van der Waals surface area contributed by atoms with E-state index in [0.717, 1.165) is 29.9 Å². The van der Waals surface area contributed by atoms with Crippen LogP contribution in [0.15, 0.2) is 18.3 Å². The van der Waals surface area contributed by atoms with Crippen molar-refractivity contribution in [3.63, 3.8) is 0 Å². The van der Waals surface area contributed by atoms with Gasteiger partial charge in [-0.05, 0) is 24.5 Å². The zero-order valence-corrected chi connectivity index (χ0v) is 8.53. The molecule has 1 saturated carbocycles. The number of hydrogen-bond acceptors (Lipinski definition) is 3. The molecule has 0 amide bonds. The molecule has 1 aliphatic carbocycles. The summed E-state index contributed by atoms with van der Waals surface area (Å²) in [6.45, 7) is 3.11. The van der Waals surface area contributed by atoms with Crippen molar-refractivity contribution in [1.29, 1.82) is 0 Å². The third-order valence-electron chi connectivity index (χ3n) is 2.84. The number of aromatic nitrogens is 1. The highest BCUT2D eigenvalue weighted by atomic mass is 15.0. The van der Waals surface area contributed by atoms with Gasteiger partial charge in [-0.2, -0.15) is 0 Å². The first-order valence-electron chi connectivity index (χ1n) is 5.23. The van der Waals surface area contributed by atoms with Gasteiger partial charge in [0, 0.05) is 12.6 Å². The van der Waals surface area contributed by atoms with Crippen LogP contribution < -0.4 is 11.1 Å². The molecule has 1 aromatic rings. The maximum absolute atomic E-state index is 5.56. The average molecular weight is 191 g/mol. The second kappa shape index (κ2) is 3.96. The topological polar surface area (TPSA) is 50.9 Å². The zero-order chi connectivity index (χ0) is 9.97. The molecule has 3 N–H and O–H groups in total. The molecular formula is C11H17N3. The van der Waals surface area contributed by atoms with E-state index in [1.807, 2.05) is 12.1 Å². The quantitative estimate of drug-likeness (QED) is 0.759. The molecule has 1 heterocycles. The normalized spacial score (nSPS) is 24.9. The van der Waals surface area contributed by atoms with Crippen molar-refractivity contribution in [2.24, 2.45) is 5.92 Å². The number of nitrogens with one attached hydrogen (secondary N) is 1. The lowest BCUT2D eigenvalue weighted by atomic mass is 10.3. The van der Waals surface area contributed by atoms with E-state index in [0.29, 0.717) is 0 Å². The summed E-state index contributed by atoms with van der Waals surface area (Å²) in [6, 6.07) is 4.60. The predicted octanol–water partition coefficient (Wildman–Crippen LogP) is 1.55. The summed E-state index contributed by atoms with van der Waals surface area (Å²) in [6.07, 6.45) is 4.32. The molecule has 3 nitrogen and oxygen atoms in total. The molecule has 2 unspecified atom stereocenters. The molecule has 0 aliphatic heterocycles. The molecule has 1 fully saturated rings. The summed E-state index contributed by atoms with van der Waals surface area (Å²) in [5.41, 5.74) is 7.35. The minimum absolute atomic E-state index is 0.722. The van der Waals surface area contributed by atoms with E-state index < -0.39 is 0 Å². The third kappa shape index (κ3) is 2.23. The molecule has 0 radical (unpaired) electrons. The number of nitrogens with zero attached hydrogens (tertiary/aromatic N) is 1. The summed E-state index contributed by atoms with van der Waals surface area (Å²) in [5.74, 6) is 0.892. The Labute approximate surface area is 84.7 Å². The highest BCUT2D eigenvalue weighted by Crippen LogP contribution is 2.33. The number of rotatable bonds is 4. The Morgan fingerprint density at radius 3 is 3.00 bits per heavy atom. The first-order chi connectivity index (χ1) is 6.79. The van der Waals surface area contributed by atoms with Crippen molar-refractivity contribution in [2.45, 2.75) is 32.4 Å². The number of nitrogens with two attached hydrogens (primary N) is 1. The van der Waals surface area contributed by atoms with Gasteiger partial charge in [0.1, 0.15) is 0 Å². The number of anilines is 1. The Morgan fingerprint density at radius 1 is 1.57 bits per heavy atom. The first-order valence-corrected chi connectivity index (χ1v) is 5.23. The minimum Gasteiger partial charge on any atom is -0.397 e. The molecule has 1 aromatic heterocycles. The van der Waals surface area contributed by atoms with Gasteiger partial charge in [-0.1, -0.05) is 13.3 Å². The molecule has 14 heavy (non-hydrogen) atoms. The van der Waals surface area contributed by atoms with Gasteiger partial charge in [0.25, 0.3) is 0 Å². The van der Waals surface area contributed by atoms with Gasteiger partial charge in [0.05, 0.1) is 17.6 Å². The molecular weight excluding hydrogens is 174 g/mol. The van der Waals surface area contributed by atoms with Crippen LogP contribution >= 0.6 is 0 Å². The molecule has 0 aromatic carbocycles. The Morgan fingerprint density at radius 2 is 2.43 bits per heavy atom. The van der Waals surface area contributed by atoms with Crippen LogP contribution in [0.25, 0.3) is 0 Å². The molecule has 0 bridgehead atoms. The predicted molar refractivity (Wildman–Crippen MR) is 57.7 cm³/mol. The fraction of sp³-hybridized carbons (Fsp3) is 0.545. The standard InChI is InChI=1S/C11H17N3/c1-2-8-5-11(8)14-7-10-4-3-9(12)6-13-10/h3-4,6,8,11,14H,2,5,7,12H2,1H3. The Bertz CT molecular complexity index is 294. The van der Waals surface area contributed by atoms with Crippen molar-refractivity contribution >= 4 is 5.69 Å². The summed E-state index contributed by atoms with van der Waals surface area (Å²) < 4.78 is 0. The van der Waals surface area contributed by atoms with E-state index in [1.165, 1.54) is 12.8 Å². The number of pyridine rings is 1. The number of nitrogen functional groups attached to an aromatic ring is 1. The SMILES string of the molecule is CCC1CC1NCc1ccc(N)cn1. The van der Waals surface area contributed by atoms with Gasteiger partial charge in [-0.15, -0.1) is 0 Å². The zero-order valence-electron chi connectivity index (χ0n) is 8.53. The van der Waals surface area contributed by atoms with Gasteiger partial charge in [-0.3, -0.25) is 4.98 Å². The molecule has 0 spiro atoms. The van der Waals surface area contributed by atoms with E-state index >= 15 is 0 Å². The van der Waals surface area contributed by atoms with E-state index in [4.69, 9.17) is 5.73 Å². The average Bonchev–Trinajstić information content (AvgIpc) is 2.96. The monoisotopic (exact) mass is 191 g/mol. The maximum atomic E-state index is 5.56. The largest absolute Gasteiger partial charge is 0.397 e. The molecule has 3 heteroatoms. The van der Waals surface area contributed by atoms with E-state index in [-0.39, 0.29) is 0 Å². The first kappa shape index (κ1) is 9.46. The van der Waals surface area contributed by atoms with Crippen molar-refractivity contribution in [2.75, 3.05) is 5.73 Å². The summed E-state index contributed by atoms with van der Waals surface area (Å²) >= 11 is 0. The second-order valence-corrected chi connectivity index (χ2v) is 3.97. The van der Waals surface area contributed by atoms with Crippen molar-refractivity contribution in [3.05, 3.63) is 24.0 Å². The van der Waals surface area contributed by atoms with Gasteiger partial charge < -0.3 is 11.1 Å². The minimum atomic E-state index is 0.722. The van der Waals surface area contributed by atoms with Crippen LogP contribution in [-0.2, 0) is 6.54 Å². The lowest BCUT2D eigenvalue weighted by Crippen LogP contribution is -2.18. The fourth-order valence-corrected chi connectivity index (χ4v) is 1.72. The lowest BCUT2D eigenvalue weighted by Gasteiger charge is -2.03. The van der Waals surface area contributed by atoms with Crippen molar-refractivity contribution < 1.29 is 0 Å².